The van der Waals surface area contributed by atoms with Crippen LogP contribution in [-0.4, -0.2) is 22.9 Å². The Morgan fingerprint density at radius 2 is 2.00 bits per heavy atom. The number of nitrogens with one attached hydrogen (secondary N) is 2. The summed E-state index contributed by atoms with van der Waals surface area (Å²) >= 11 is 5.97. The monoisotopic (exact) mass is 361 g/mol. The van der Waals surface area contributed by atoms with E-state index in [0.29, 0.717) is 22.8 Å². The number of benzene rings is 1. The van der Waals surface area contributed by atoms with E-state index in [0.717, 1.165) is 6.42 Å². The third kappa shape index (κ3) is 5.46. The van der Waals surface area contributed by atoms with Crippen molar-refractivity contribution in [2.24, 2.45) is 0 Å². The molecule has 6 nitrogen and oxygen atoms in total. The fourth-order valence-corrected chi connectivity index (χ4v) is 2.40. The molecule has 0 aliphatic rings. The molecular formula is C18H20ClN3O3. The van der Waals surface area contributed by atoms with Crippen molar-refractivity contribution in [2.45, 2.75) is 26.3 Å². The molecule has 1 aromatic carbocycles. The van der Waals surface area contributed by atoms with E-state index in [2.05, 4.69) is 10.6 Å². The molecule has 0 spiro atoms. The number of hydrogen-bond acceptors (Lipinski definition) is 3. The zero-order valence-electron chi connectivity index (χ0n) is 13.9. The number of carbonyl (C=O) groups excluding carboxylic acids is 2. The van der Waals surface area contributed by atoms with Crippen molar-refractivity contribution in [2.75, 3.05) is 11.9 Å². The van der Waals surface area contributed by atoms with Crippen LogP contribution in [0.25, 0.3) is 0 Å². The van der Waals surface area contributed by atoms with Crippen LogP contribution in [0.2, 0.25) is 5.02 Å². The minimum atomic E-state index is -0.303. The van der Waals surface area contributed by atoms with Crippen LogP contribution in [0.5, 0.6) is 0 Å². The van der Waals surface area contributed by atoms with Crippen molar-refractivity contribution in [1.29, 1.82) is 0 Å². The first-order chi connectivity index (χ1) is 12.0. The second kappa shape index (κ2) is 9.03. The van der Waals surface area contributed by atoms with Gasteiger partial charge in [-0.25, -0.2) is 0 Å². The number of rotatable bonds is 7. The van der Waals surface area contributed by atoms with Gasteiger partial charge in [-0.2, -0.15) is 0 Å². The lowest BCUT2D eigenvalue weighted by Crippen LogP contribution is -2.26. The number of aryl methyl sites for hydroxylation is 1. The number of pyridine rings is 1. The molecule has 0 unspecified atom stereocenters. The third-order valence-electron chi connectivity index (χ3n) is 3.51. The Morgan fingerprint density at radius 3 is 2.72 bits per heavy atom. The smallest absolute Gasteiger partial charge is 0.253 e. The van der Waals surface area contributed by atoms with Gasteiger partial charge in [-0.3, -0.25) is 14.4 Å². The quantitative estimate of drug-likeness (QED) is 0.795. The summed E-state index contributed by atoms with van der Waals surface area (Å²) < 4.78 is 1.45. The molecule has 132 valence electrons. The van der Waals surface area contributed by atoms with Crippen molar-refractivity contribution < 1.29 is 9.59 Å². The molecule has 0 fully saturated rings. The van der Waals surface area contributed by atoms with Gasteiger partial charge in [0, 0.05) is 36.8 Å². The van der Waals surface area contributed by atoms with Gasteiger partial charge in [0.25, 0.3) is 11.5 Å². The Bertz CT molecular complexity index is 817. The van der Waals surface area contributed by atoms with Gasteiger partial charge in [0.2, 0.25) is 5.91 Å². The zero-order valence-corrected chi connectivity index (χ0v) is 14.7. The Morgan fingerprint density at radius 1 is 1.20 bits per heavy atom. The molecule has 2 rings (SSSR count). The zero-order chi connectivity index (χ0) is 18.2. The Kier molecular flexibility index (Phi) is 6.77. The highest BCUT2D eigenvalue weighted by Crippen LogP contribution is 2.21. The fourth-order valence-electron chi connectivity index (χ4n) is 2.23. The molecule has 0 aliphatic carbocycles. The predicted molar refractivity (Wildman–Crippen MR) is 98.0 cm³/mol. The lowest BCUT2D eigenvalue weighted by atomic mass is 10.1. The average molecular weight is 362 g/mol. The van der Waals surface area contributed by atoms with Gasteiger partial charge in [-0.05, 0) is 30.7 Å². The highest BCUT2D eigenvalue weighted by atomic mass is 35.5. The number of anilines is 1. The van der Waals surface area contributed by atoms with Crippen LogP contribution in [0, 0.1) is 0 Å². The summed E-state index contributed by atoms with van der Waals surface area (Å²) in [5.74, 6) is -0.573. The van der Waals surface area contributed by atoms with Crippen LogP contribution in [0.4, 0.5) is 5.69 Å². The average Bonchev–Trinajstić information content (AvgIpc) is 2.59. The van der Waals surface area contributed by atoms with E-state index in [9.17, 15) is 14.4 Å². The van der Waals surface area contributed by atoms with E-state index < -0.39 is 0 Å². The molecule has 2 N–H and O–H groups in total. The summed E-state index contributed by atoms with van der Waals surface area (Å²) in [6, 6.07) is 9.52. The number of nitrogens with zero attached hydrogens (tertiary/aromatic N) is 1. The van der Waals surface area contributed by atoms with Gasteiger partial charge >= 0.3 is 0 Å². The fraction of sp³-hybridized carbons (Fsp3) is 0.278. The van der Waals surface area contributed by atoms with Crippen LogP contribution in [-0.2, 0) is 11.3 Å². The van der Waals surface area contributed by atoms with Crippen molar-refractivity contribution in [1.82, 2.24) is 9.88 Å². The molecular weight excluding hydrogens is 342 g/mol. The SMILES string of the molecule is CCCNC(=O)c1ccc(Cl)cc1NC(=O)CCn1ccccc1=O. The largest absolute Gasteiger partial charge is 0.352 e. The van der Waals surface area contributed by atoms with Crippen LogP contribution >= 0.6 is 11.6 Å². The number of halogens is 1. The topological polar surface area (TPSA) is 80.2 Å². The predicted octanol–water partition coefficient (Wildman–Crippen LogP) is 2.67. The molecule has 7 heteroatoms. The van der Waals surface area contributed by atoms with E-state index in [1.54, 1.807) is 30.5 Å². The second-order valence-corrected chi connectivity index (χ2v) is 5.91. The van der Waals surface area contributed by atoms with Gasteiger partial charge in [-0.1, -0.05) is 24.6 Å². The van der Waals surface area contributed by atoms with Gasteiger partial charge in [0.1, 0.15) is 0 Å². The molecule has 0 bridgehead atoms. The van der Waals surface area contributed by atoms with Crippen molar-refractivity contribution in [3.63, 3.8) is 0 Å². The number of carbonyl (C=O) groups is 2. The summed E-state index contributed by atoms with van der Waals surface area (Å²) in [6.45, 7) is 2.76. The van der Waals surface area contributed by atoms with Gasteiger partial charge < -0.3 is 15.2 Å². The summed E-state index contributed by atoms with van der Waals surface area (Å²) in [7, 11) is 0. The molecule has 1 heterocycles. The highest BCUT2D eigenvalue weighted by molar-refractivity contribution is 6.31. The van der Waals surface area contributed by atoms with Gasteiger partial charge in [-0.15, -0.1) is 0 Å². The Labute approximate surface area is 150 Å². The van der Waals surface area contributed by atoms with Crippen LogP contribution in [0.3, 0.4) is 0 Å². The summed E-state index contributed by atoms with van der Waals surface area (Å²) in [5, 5.41) is 5.89. The molecule has 0 saturated carbocycles. The number of hydrogen-bond donors (Lipinski definition) is 2. The van der Waals surface area contributed by atoms with E-state index in [-0.39, 0.29) is 30.3 Å². The summed E-state index contributed by atoms with van der Waals surface area (Å²) in [4.78, 5) is 36.0. The van der Waals surface area contributed by atoms with Crippen molar-refractivity contribution in [3.05, 3.63) is 63.5 Å². The van der Waals surface area contributed by atoms with E-state index >= 15 is 0 Å². The first kappa shape index (κ1) is 18.7. The molecule has 0 aliphatic heterocycles. The number of aromatic nitrogens is 1. The molecule has 1 aromatic heterocycles. The van der Waals surface area contributed by atoms with E-state index in [1.807, 2.05) is 6.92 Å². The molecule has 0 radical (unpaired) electrons. The van der Waals surface area contributed by atoms with Crippen LogP contribution in [0.1, 0.15) is 30.1 Å². The van der Waals surface area contributed by atoms with Crippen LogP contribution in [0.15, 0.2) is 47.4 Å². The second-order valence-electron chi connectivity index (χ2n) is 5.48. The highest BCUT2D eigenvalue weighted by Gasteiger charge is 2.14. The first-order valence-corrected chi connectivity index (χ1v) is 8.42. The Hall–Kier alpha value is -2.60. The lowest BCUT2D eigenvalue weighted by Gasteiger charge is -2.12. The first-order valence-electron chi connectivity index (χ1n) is 8.04. The van der Waals surface area contributed by atoms with Gasteiger partial charge in [0.05, 0.1) is 11.3 Å². The minimum Gasteiger partial charge on any atom is -0.352 e. The maximum atomic E-state index is 12.2. The van der Waals surface area contributed by atoms with E-state index in [1.165, 1.54) is 16.7 Å². The molecule has 2 amide bonds. The third-order valence-corrected chi connectivity index (χ3v) is 3.75. The summed E-state index contributed by atoms with van der Waals surface area (Å²) in [6.07, 6.45) is 2.54. The molecule has 2 aromatic rings. The molecule has 25 heavy (non-hydrogen) atoms. The van der Waals surface area contributed by atoms with Crippen molar-refractivity contribution in [3.8, 4) is 0 Å². The van der Waals surface area contributed by atoms with Gasteiger partial charge in [0.15, 0.2) is 0 Å². The summed E-state index contributed by atoms with van der Waals surface area (Å²) in [5.41, 5.74) is 0.535. The van der Waals surface area contributed by atoms with Crippen LogP contribution < -0.4 is 16.2 Å². The minimum absolute atomic E-state index is 0.104. The van der Waals surface area contributed by atoms with Crippen molar-refractivity contribution >= 4 is 29.1 Å². The normalized spacial score (nSPS) is 10.3. The number of amides is 2. The maximum Gasteiger partial charge on any atom is 0.253 e. The maximum absolute atomic E-state index is 12.2. The standard InChI is InChI=1S/C18H20ClN3O3/c1-2-9-20-18(25)14-7-6-13(19)12-15(14)21-16(23)8-11-22-10-4-3-5-17(22)24/h3-7,10,12H,2,8-9,11H2,1H3,(H,20,25)(H,21,23). The van der Waals surface area contributed by atoms with E-state index in [4.69, 9.17) is 11.6 Å². The molecule has 0 atom stereocenters. The Balaban J connectivity index is 2.06. The lowest BCUT2D eigenvalue weighted by molar-refractivity contribution is -0.116. The molecule has 0 saturated heterocycles.